The van der Waals surface area contributed by atoms with Crippen LogP contribution in [0.25, 0.3) is 0 Å². The zero-order valence-corrected chi connectivity index (χ0v) is 23.5. The van der Waals surface area contributed by atoms with Crippen molar-refractivity contribution in [2.45, 2.75) is 47.0 Å². The van der Waals surface area contributed by atoms with E-state index in [-0.39, 0.29) is 43.1 Å². The molecular weight excluding hydrogens is 571 g/mol. The third-order valence-corrected chi connectivity index (χ3v) is 9.91. The molecule has 0 bridgehead atoms. The van der Waals surface area contributed by atoms with Gasteiger partial charge in [-0.15, -0.1) is 12.6 Å². The molecule has 9 nitrogen and oxygen atoms in total. The van der Waals surface area contributed by atoms with Gasteiger partial charge in [0, 0.05) is 49.3 Å². The van der Waals surface area contributed by atoms with E-state index in [0.717, 1.165) is 0 Å². The van der Waals surface area contributed by atoms with Crippen LogP contribution >= 0.6 is 12.6 Å². The first-order valence-electron chi connectivity index (χ1n) is 12.7. The maximum atomic E-state index is 13.6. The molecule has 2 aromatic carbocycles. The van der Waals surface area contributed by atoms with Crippen molar-refractivity contribution in [3.05, 3.63) is 54.1 Å². The van der Waals surface area contributed by atoms with Gasteiger partial charge in [-0.2, -0.15) is 17.5 Å². The van der Waals surface area contributed by atoms with Gasteiger partial charge in [0.25, 0.3) is 0 Å². The van der Waals surface area contributed by atoms with Crippen LogP contribution in [0.15, 0.2) is 58.3 Å². The smallest absolute Gasteiger partial charge is 0.421 e. The van der Waals surface area contributed by atoms with Crippen LogP contribution in [-0.4, -0.2) is 98.0 Å². The second-order valence-electron chi connectivity index (χ2n) is 10.1. The topological polar surface area (TPSA) is 111 Å². The summed E-state index contributed by atoms with van der Waals surface area (Å²) in [6, 6.07) is 10.9. The SMILES string of the molecule is C[C@](O)(c1ccc(N2CCN(S(=O)(=O)c3ccccc3S)C[C@@H]2CN2CCOC[C@H]2CC(=O)O)cc1)C(F)(F)F. The molecule has 0 spiro atoms. The average molecular weight is 604 g/mol. The number of aliphatic carboxylic acids is 1. The number of hydrogen-bond donors (Lipinski definition) is 3. The van der Waals surface area contributed by atoms with E-state index < -0.39 is 39.9 Å². The molecule has 2 fully saturated rings. The summed E-state index contributed by atoms with van der Waals surface area (Å²) in [6.07, 6.45) is -5.02. The van der Waals surface area contributed by atoms with Crippen molar-refractivity contribution in [3.8, 4) is 0 Å². The minimum atomic E-state index is -4.87. The number of carbonyl (C=O) groups is 1. The highest BCUT2D eigenvalue weighted by atomic mass is 32.2. The highest BCUT2D eigenvalue weighted by Gasteiger charge is 2.51. The van der Waals surface area contributed by atoms with Gasteiger partial charge in [-0.1, -0.05) is 24.3 Å². The maximum Gasteiger partial charge on any atom is 0.421 e. The van der Waals surface area contributed by atoms with Crippen molar-refractivity contribution in [1.29, 1.82) is 0 Å². The molecule has 2 heterocycles. The van der Waals surface area contributed by atoms with Crippen LogP contribution in [0, 0.1) is 0 Å². The minimum absolute atomic E-state index is 0.0591. The molecule has 2 aliphatic heterocycles. The molecule has 0 aromatic heterocycles. The number of aliphatic hydroxyl groups is 1. The Morgan fingerprint density at radius 1 is 1.07 bits per heavy atom. The molecule has 0 aliphatic carbocycles. The lowest BCUT2D eigenvalue weighted by Gasteiger charge is -2.46. The zero-order valence-electron chi connectivity index (χ0n) is 21.8. The molecule has 2 N–H and O–H groups in total. The van der Waals surface area contributed by atoms with Crippen molar-refractivity contribution in [2.75, 3.05) is 50.8 Å². The summed E-state index contributed by atoms with van der Waals surface area (Å²) in [5.41, 5.74) is -2.79. The van der Waals surface area contributed by atoms with Crippen LogP contribution in [0.2, 0.25) is 0 Å². The summed E-state index contributed by atoms with van der Waals surface area (Å²) >= 11 is 4.32. The van der Waals surface area contributed by atoms with Crippen molar-refractivity contribution in [3.63, 3.8) is 0 Å². The van der Waals surface area contributed by atoms with Crippen molar-refractivity contribution in [2.24, 2.45) is 0 Å². The highest BCUT2D eigenvalue weighted by Crippen LogP contribution is 2.39. The molecule has 3 atom stereocenters. The molecule has 0 radical (unpaired) electrons. The van der Waals surface area contributed by atoms with Gasteiger partial charge in [0.15, 0.2) is 5.60 Å². The van der Waals surface area contributed by atoms with E-state index in [1.165, 1.54) is 34.6 Å². The van der Waals surface area contributed by atoms with Crippen LogP contribution in [0.1, 0.15) is 18.9 Å². The molecule has 220 valence electrons. The number of halogens is 3. The van der Waals surface area contributed by atoms with Crippen LogP contribution in [0.4, 0.5) is 18.9 Å². The van der Waals surface area contributed by atoms with E-state index in [0.29, 0.717) is 37.2 Å². The number of carboxylic acid groups (broad SMARTS) is 1. The lowest BCUT2D eigenvalue weighted by atomic mass is 9.95. The molecule has 14 heteroatoms. The number of thiol groups is 1. The summed E-state index contributed by atoms with van der Waals surface area (Å²) in [5.74, 6) is -0.983. The fourth-order valence-electron chi connectivity index (χ4n) is 5.09. The van der Waals surface area contributed by atoms with E-state index in [1.807, 2.05) is 9.80 Å². The fraction of sp³-hybridized carbons (Fsp3) is 0.500. The molecule has 0 unspecified atom stereocenters. The first-order valence-corrected chi connectivity index (χ1v) is 14.6. The summed E-state index contributed by atoms with van der Waals surface area (Å²) in [4.78, 5) is 15.7. The first-order chi connectivity index (χ1) is 18.7. The Labute approximate surface area is 236 Å². The monoisotopic (exact) mass is 603 g/mol. The number of carboxylic acids is 1. The normalized spacial score (nSPS) is 23.1. The summed E-state index contributed by atoms with van der Waals surface area (Å²) in [6.45, 7) is 2.46. The first kappa shape index (κ1) is 30.6. The Morgan fingerprint density at radius 2 is 1.75 bits per heavy atom. The number of rotatable bonds is 8. The predicted molar refractivity (Wildman–Crippen MR) is 144 cm³/mol. The maximum absolute atomic E-state index is 13.6. The molecule has 0 saturated carbocycles. The van der Waals surface area contributed by atoms with Gasteiger partial charge in [-0.3, -0.25) is 9.69 Å². The summed E-state index contributed by atoms with van der Waals surface area (Å²) in [7, 11) is -3.91. The van der Waals surface area contributed by atoms with Gasteiger partial charge in [-0.25, -0.2) is 8.42 Å². The second kappa shape index (κ2) is 11.9. The fourth-order valence-corrected chi connectivity index (χ4v) is 7.14. The largest absolute Gasteiger partial charge is 0.481 e. The third kappa shape index (κ3) is 6.42. The van der Waals surface area contributed by atoms with E-state index >= 15 is 0 Å². The highest BCUT2D eigenvalue weighted by molar-refractivity contribution is 7.90. The summed E-state index contributed by atoms with van der Waals surface area (Å²) in [5, 5.41) is 19.4. The molecule has 2 aromatic rings. The number of benzene rings is 2. The Hall–Kier alpha value is -2.36. The van der Waals surface area contributed by atoms with Crippen molar-refractivity contribution >= 4 is 34.3 Å². The quantitative estimate of drug-likeness (QED) is 0.396. The van der Waals surface area contributed by atoms with E-state index in [4.69, 9.17) is 4.74 Å². The number of alkyl halides is 3. The van der Waals surface area contributed by atoms with Gasteiger partial charge in [0.1, 0.15) is 0 Å². The number of ether oxygens (including phenoxy) is 1. The molecular formula is C26H32F3N3O6S2. The van der Waals surface area contributed by atoms with Crippen molar-refractivity contribution < 1.29 is 41.3 Å². The van der Waals surface area contributed by atoms with Crippen LogP contribution in [-0.2, 0) is 25.2 Å². The Morgan fingerprint density at radius 3 is 2.38 bits per heavy atom. The Bertz CT molecular complexity index is 1310. The van der Waals surface area contributed by atoms with Gasteiger partial charge >= 0.3 is 12.1 Å². The van der Waals surface area contributed by atoms with Gasteiger partial charge in [0.05, 0.1) is 30.6 Å². The number of piperazine rings is 1. The number of nitrogens with zero attached hydrogens (tertiary/aromatic N) is 3. The predicted octanol–water partition coefficient (Wildman–Crippen LogP) is 2.80. The second-order valence-corrected chi connectivity index (χ2v) is 12.5. The lowest BCUT2D eigenvalue weighted by molar-refractivity contribution is -0.258. The number of hydrogen-bond acceptors (Lipinski definition) is 8. The zero-order chi connectivity index (χ0) is 29.3. The van der Waals surface area contributed by atoms with Crippen LogP contribution < -0.4 is 4.90 Å². The average Bonchev–Trinajstić information content (AvgIpc) is 2.89. The Balaban J connectivity index is 1.64. The van der Waals surface area contributed by atoms with Crippen molar-refractivity contribution in [1.82, 2.24) is 9.21 Å². The number of morpholine rings is 1. The molecule has 0 amide bonds. The van der Waals surface area contributed by atoms with Gasteiger partial charge in [-0.05, 0) is 36.8 Å². The number of anilines is 1. The van der Waals surface area contributed by atoms with Crippen LogP contribution in [0.3, 0.4) is 0 Å². The third-order valence-electron chi connectivity index (χ3n) is 7.45. The molecule has 4 rings (SSSR count). The Kier molecular flexibility index (Phi) is 9.07. The standard InChI is InChI=1S/C26H32F3N3O6S2/c1-25(35,26(27,28)29)18-6-8-19(9-7-18)32-11-10-31(40(36,37)23-5-3-2-4-22(23)39)16-21(32)15-30-12-13-38-17-20(30)14-24(33)34/h2-9,20-21,35,39H,10-17H2,1H3,(H,33,34)/t20-,21+,25+/m1/s1. The summed E-state index contributed by atoms with van der Waals surface area (Å²) < 4.78 is 74.0. The minimum Gasteiger partial charge on any atom is -0.481 e. The molecule has 2 aliphatic rings. The number of sulfonamides is 1. The van der Waals surface area contributed by atoms with E-state index in [2.05, 4.69) is 12.6 Å². The molecule has 40 heavy (non-hydrogen) atoms. The molecule has 2 saturated heterocycles. The van der Waals surface area contributed by atoms with E-state index in [9.17, 15) is 36.6 Å². The van der Waals surface area contributed by atoms with Gasteiger partial charge in [0.2, 0.25) is 10.0 Å². The lowest BCUT2D eigenvalue weighted by Crippen LogP contribution is -2.60. The van der Waals surface area contributed by atoms with Crippen LogP contribution in [0.5, 0.6) is 0 Å². The van der Waals surface area contributed by atoms with Gasteiger partial charge < -0.3 is 19.8 Å². The van der Waals surface area contributed by atoms with E-state index in [1.54, 1.807) is 18.2 Å².